The summed E-state index contributed by atoms with van der Waals surface area (Å²) in [7, 11) is 4.20. The number of anilines is 2. The van der Waals surface area contributed by atoms with Crippen molar-refractivity contribution in [2.45, 2.75) is 13.8 Å². The predicted octanol–water partition coefficient (Wildman–Crippen LogP) is 2.50. The lowest BCUT2D eigenvalue weighted by atomic mass is 10.1. The van der Waals surface area contributed by atoms with Crippen LogP contribution in [0.3, 0.4) is 0 Å². The monoisotopic (exact) mass is 398 g/mol. The van der Waals surface area contributed by atoms with Gasteiger partial charge in [-0.3, -0.25) is 19.3 Å². The van der Waals surface area contributed by atoms with Crippen LogP contribution in [-0.4, -0.2) is 45.5 Å². The van der Waals surface area contributed by atoms with Crippen molar-refractivity contribution < 1.29 is 28.6 Å². The fourth-order valence-electron chi connectivity index (χ4n) is 3.23. The highest BCUT2D eigenvalue weighted by atomic mass is 16.5. The summed E-state index contributed by atoms with van der Waals surface area (Å²) in [5, 5.41) is 2.75. The minimum atomic E-state index is -0.816. The lowest BCUT2D eigenvalue weighted by Gasteiger charge is -2.19. The minimum absolute atomic E-state index is 0.0501. The van der Waals surface area contributed by atoms with E-state index in [1.807, 2.05) is 26.0 Å². The second kappa shape index (κ2) is 7.83. The van der Waals surface area contributed by atoms with Crippen LogP contribution in [0.15, 0.2) is 24.3 Å². The van der Waals surface area contributed by atoms with Crippen molar-refractivity contribution in [3.05, 3.63) is 41.0 Å². The van der Waals surface area contributed by atoms with Gasteiger partial charge in [-0.05, 0) is 37.1 Å². The summed E-state index contributed by atoms with van der Waals surface area (Å²) in [5.41, 5.74) is 3.03. The fourth-order valence-corrected chi connectivity index (χ4v) is 3.23. The zero-order valence-corrected chi connectivity index (χ0v) is 16.9. The van der Waals surface area contributed by atoms with Crippen LogP contribution in [-0.2, 0) is 9.59 Å². The molecule has 0 bridgehead atoms. The molecule has 2 aromatic carbocycles. The van der Waals surface area contributed by atoms with Crippen molar-refractivity contribution in [1.82, 2.24) is 0 Å². The molecule has 0 fully saturated rings. The Bertz CT molecular complexity index is 1010. The van der Waals surface area contributed by atoms with Crippen molar-refractivity contribution in [2.24, 2.45) is 0 Å². The number of fused-ring (bicyclic) bond motifs is 1. The molecule has 29 heavy (non-hydrogen) atoms. The summed E-state index contributed by atoms with van der Waals surface area (Å²) in [6, 6.07) is 7.01. The molecular formula is C21H22N2O6. The fraction of sp³-hybridized carbons (Fsp3) is 0.286. The number of Topliss-reactive ketones (excluding diaryl/α,β-unsaturated/α-hetero) is 1. The molecule has 1 heterocycles. The molecule has 0 aliphatic carbocycles. The first-order valence-electron chi connectivity index (χ1n) is 8.88. The van der Waals surface area contributed by atoms with Crippen molar-refractivity contribution in [2.75, 3.05) is 38.1 Å². The SMILES string of the molecule is COc1cc2c(c(OC)c1OC)C(=O)C(=O)N2CC(=O)Nc1ccc(C)c(C)c1. The predicted molar refractivity (Wildman–Crippen MR) is 107 cm³/mol. The van der Waals surface area contributed by atoms with Gasteiger partial charge in [-0.1, -0.05) is 6.07 Å². The number of carbonyl (C=O) groups is 3. The average molecular weight is 398 g/mol. The van der Waals surface area contributed by atoms with Crippen LogP contribution in [0.2, 0.25) is 0 Å². The average Bonchev–Trinajstić information content (AvgIpc) is 2.93. The summed E-state index contributed by atoms with van der Waals surface area (Å²) in [6.45, 7) is 3.58. The molecule has 2 amide bonds. The van der Waals surface area contributed by atoms with Crippen LogP contribution in [0.5, 0.6) is 17.2 Å². The van der Waals surface area contributed by atoms with Gasteiger partial charge >= 0.3 is 0 Å². The highest BCUT2D eigenvalue weighted by Crippen LogP contribution is 2.47. The number of hydrogen-bond donors (Lipinski definition) is 1. The van der Waals surface area contributed by atoms with Gasteiger partial charge in [-0.2, -0.15) is 0 Å². The zero-order valence-electron chi connectivity index (χ0n) is 16.9. The van der Waals surface area contributed by atoms with E-state index >= 15 is 0 Å². The Kier molecular flexibility index (Phi) is 5.45. The maximum Gasteiger partial charge on any atom is 0.300 e. The van der Waals surface area contributed by atoms with Crippen LogP contribution in [0, 0.1) is 13.8 Å². The highest BCUT2D eigenvalue weighted by Gasteiger charge is 2.42. The minimum Gasteiger partial charge on any atom is -0.493 e. The summed E-state index contributed by atoms with van der Waals surface area (Å²) in [6.07, 6.45) is 0. The second-order valence-electron chi connectivity index (χ2n) is 6.61. The molecule has 3 rings (SSSR count). The smallest absolute Gasteiger partial charge is 0.300 e. The van der Waals surface area contributed by atoms with Crippen LogP contribution >= 0.6 is 0 Å². The third-order valence-corrected chi connectivity index (χ3v) is 4.86. The van der Waals surface area contributed by atoms with E-state index < -0.39 is 17.6 Å². The molecule has 0 aromatic heterocycles. The Morgan fingerprint density at radius 3 is 2.24 bits per heavy atom. The Balaban J connectivity index is 1.94. The van der Waals surface area contributed by atoms with Crippen molar-refractivity contribution >= 4 is 29.0 Å². The molecule has 0 atom stereocenters. The Morgan fingerprint density at radius 2 is 1.66 bits per heavy atom. The molecule has 0 radical (unpaired) electrons. The Labute approximate surface area is 168 Å². The van der Waals surface area contributed by atoms with E-state index in [1.54, 1.807) is 6.07 Å². The van der Waals surface area contributed by atoms with Crippen LogP contribution in [0.4, 0.5) is 11.4 Å². The van der Waals surface area contributed by atoms with Gasteiger partial charge in [-0.25, -0.2) is 0 Å². The van der Waals surface area contributed by atoms with E-state index in [0.717, 1.165) is 16.0 Å². The van der Waals surface area contributed by atoms with E-state index in [1.165, 1.54) is 27.4 Å². The molecule has 2 aromatic rings. The van der Waals surface area contributed by atoms with E-state index in [4.69, 9.17) is 14.2 Å². The quantitative estimate of drug-likeness (QED) is 0.752. The first-order valence-corrected chi connectivity index (χ1v) is 8.88. The number of nitrogens with zero attached hydrogens (tertiary/aromatic N) is 1. The number of rotatable bonds is 6. The normalized spacial score (nSPS) is 12.7. The summed E-state index contributed by atoms with van der Waals surface area (Å²) < 4.78 is 15.9. The van der Waals surface area contributed by atoms with Gasteiger partial charge in [0.15, 0.2) is 11.5 Å². The summed E-state index contributed by atoms with van der Waals surface area (Å²) in [4.78, 5) is 38.8. The van der Waals surface area contributed by atoms with Gasteiger partial charge < -0.3 is 19.5 Å². The topological polar surface area (TPSA) is 94.2 Å². The molecule has 0 saturated carbocycles. The second-order valence-corrected chi connectivity index (χ2v) is 6.61. The lowest BCUT2D eigenvalue weighted by Crippen LogP contribution is -2.37. The number of hydrogen-bond acceptors (Lipinski definition) is 6. The molecule has 8 nitrogen and oxygen atoms in total. The Morgan fingerprint density at radius 1 is 0.966 bits per heavy atom. The largest absolute Gasteiger partial charge is 0.493 e. The molecule has 1 N–H and O–H groups in total. The molecule has 1 aliphatic rings. The maximum atomic E-state index is 12.6. The van der Waals surface area contributed by atoms with Crippen molar-refractivity contribution in [1.29, 1.82) is 0 Å². The molecule has 0 unspecified atom stereocenters. The third kappa shape index (κ3) is 3.49. The molecule has 0 spiro atoms. The number of benzene rings is 2. The van der Waals surface area contributed by atoms with E-state index in [-0.39, 0.29) is 35.0 Å². The van der Waals surface area contributed by atoms with Gasteiger partial charge in [0, 0.05) is 11.8 Å². The van der Waals surface area contributed by atoms with E-state index in [9.17, 15) is 14.4 Å². The zero-order chi connectivity index (χ0) is 21.3. The first-order chi connectivity index (χ1) is 13.8. The summed E-state index contributed by atoms with van der Waals surface area (Å²) >= 11 is 0. The van der Waals surface area contributed by atoms with E-state index in [2.05, 4.69) is 5.32 Å². The van der Waals surface area contributed by atoms with Crippen molar-refractivity contribution in [3.8, 4) is 17.2 Å². The number of nitrogens with one attached hydrogen (secondary N) is 1. The highest BCUT2D eigenvalue weighted by molar-refractivity contribution is 6.53. The van der Waals surface area contributed by atoms with Gasteiger partial charge in [0.05, 0.1) is 32.6 Å². The summed E-state index contributed by atoms with van der Waals surface area (Å²) in [5.74, 6) is -1.43. The van der Waals surface area contributed by atoms with Crippen LogP contribution in [0.1, 0.15) is 21.5 Å². The van der Waals surface area contributed by atoms with Gasteiger partial charge in [0.2, 0.25) is 11.7 Å². The number of amides is 2. The maximum absolute atomic E-state index is 12.6. The molecule has 0 saturated heterocycles. The third-order valence-electron chi connectivity index (χ3n) is 4.86. The Hall–Kier alpha value is -3.55. The lowest BCUT2D eigenvalue weighted by molar-refractivity contribution is -0.118. The van der Waals surface area contributed by atoms with Crippen LogP contribution in [0.25, 0.3) is 0 Å². The van der Waals surface area contributed by atoms with Crippen LogP contribution < -0.4 is 24.4 Å². The van der Waals surface area contributed by atoms with Gasteiger partial charge in [0.25, 0.3) is 11.7 Å². The number of aryl methyl sites for hydroxylation is 2. The number of ketones is 1. The van der Waals surface area contributed by atoms with Crippen molar-refractivity contribution in [3.63, 3.8) is 0 Å². The number of methoxy groups -OCH3 is 3. The standard InChI is InChI=1S/C21H22N2O6/c1-11-6-7-13(8-12(11)2)22-16(24)10-23-14-9-15(27-3)19(28-4)20(29-5)17(14)18(25)21(23)26/h6-9H,10H2,1-5H3,(H,22,24). The number of ether oxygens (including phenoxy) is 3. The first kappa shape index (κ1) is 20.2. The van der Waals surface area contributed by atoms with Gasteiger partial charge in [-0.15, -0.1) is 0 Å². The molecule has 1 aliphatic heterocycles. The molecule has 8 heteroatoms. The number of carbonyl (C=O) groups excluding carboxylic acids is 3. The molecule has 152 valence electrons. The van der Waals surface area contributed by atoms with E-state index in [0.29, 0.717) is 5.69 Å². The van der Waals surface area contributed by atoms with Gasteiger partial charge in [0.1, 0.15) is 6.54 Å². The molecular weight excluding hydrogens is 376 g/mol.